The monoisotopic (exact) mass is 221 g/mol. The molecule has 0 saturated carbocycles. The number of nitrogens with one attached hydrogen (secondary N) is 1. The van der Waals surface area contributed by atoms with Gasteiger partial charge in [0, 0.05) is 17.7 Å². The number of rotatable bonds is 5. The van der Waals surface area contributed by atoms with E-state index in [1.165, 1.54) is 7.11 Å². The van der Waals surface area contributed by atoms with Crippen LogP contribution in [-0.2, 0) is 9.53 Å². The van der Waals surface area contributed by atoms with Crippen molar-refractivity contribution in [3.05, 3.63) is 29.8 Å². The summed E-state index contributed by atoms with van der Waals surface area (Å²) in [5, 5.41) is 2.89. The normalized spacial score (nSPS) is 9.62. The van der Waals surface area contributed by atoms with E-state index in [4.69, 9.17) is 0 Å². The first-order valence-corrected chi connectivity index (χ1v) is 5.11. The highest BCUT2D eigenvalue weighted by molar-refractivity contribution is 5.96. The van der Waals surface area contributed by atoms with Gasteiger partial charge in [0.15, 0.2) is 5.78 Å². The maximum Gasteiger partial charge on any atom is 0.325 e. The van der Waals surface area contributed by atoms with E-state index in [9.17, 15) is 9.59 Å². The molecule has 0 heterocycles. The molecule has 16 heavy (non-hydrogen) atoms. The van der Waals surface area contributed by atoms with Crippen LogP contribution in [0.15, 0.2) is 24.3 Å². The van der Waals surface area contributed by atoms with E-state index in [-0.39, 0.29) is 18.3 Å². The molecule has 0 aromatic heterocycles. The molecule has 0 saturated heterocycles. The first-order chi connectivity index (χ1) is 7.67. The molecule has 1 aromatic carbocycles. The van der Waals surface area contributed by atoms with Gasteiger partial charge in [-0.25, -0.2) is 0 Å². The highest BCUT2D eigenvalue weighted by atomic mass is 16.5. The maximum atomic E-state index is 11.3. The van der Waals surface area contributed by atoms with E-state index in [1.807, 2.05) is 6.92 Å². The van der Waals surface area contributed by atoms with Crippen LogP contribution in [0, 0.1) is 0 Å². The minimum absolute atomic E-state index is 0.111. The van der Waals surface area contributed by atoms with Gasteiger partial charge in [-0.3, -0.25) is 9.59 Å². The fourth-order valence-electron chi connectivity index (χ4n) is 1.22. The number of carbonyl (C=O) groups excluding carboxylic acids is 2. The molecule has 0 atom stereocenters. The lowest BCUT2D eigenvalue weighted by Gasteiger charge is -2.05. The molecule has 0 fully saturated rings. The quantitative estimate of drug-likeness (QED) is 0.609. The number of carbonyl (C=O) groups is 2. The predicted octanol–water partition coefficient (Wildman–Crippen LogP) is 1.86. The predicted molar refractivity (Wildman–Crippen MR) is 61.6 cm³/mol. The first kappa shape index (κ1) is 12.2. The molecular weight excluding hydrogens is 206 g/mol. The van der Waals surface area contributed by atoms with Crippen molar-refractivity contribution in [2.75, 3.05) is 19.0 Å². The number of ether oxygens (including phenoxy) is 1. The van der Waals surface area contributed by atoms with Crippen LogP contribution in [0.5, 0.6) is 0 Å². The molecule has 0 spiro atoms. The minimum Gasteiger partial charge on any atom is -0.468 e. The third-order valence-corrected chi connectivity index (χ3v) is 2.19. The molecule has 0 radical (unpaired) electrons. The summed E-state index contributed by atoms with van der Waals surface area (Å²) in [6.45, 7) is 1.95. The largest absolute Gasteiger partial charge is 0.468 e. The average Bonchev–Trinajstić information content (AvgIpc) is 2.35. The van der Waals surface area contributed by atoms with Crippen LogP contribution in [0.3, 0.4) is 0 Å². The third kappa shape index (κ3) is 3.38. The summed E-state index contributed by atoms with van der Waals surface area (Å²) >= 11 is 0. The fourth-order valence-corrected chi connectivity index (χ4v) is 1.22. The van der Waals surface area contributed by atoms with Gasteiger partial charge in [-0.1, -0.05) is 6.92 Å². The topological polar surface area (TPSA) is 55.4 Å². The average molecular weight is 221 g/mol. The van der Waals surface area contributed by atoms with E-state index in [2.05, 4.69) is 10.1 Å². The van der Waals surface area contributed by atoms with Gasteiger partial charge in [-0.15, -0.1) is 0 Å². The number of hydrogen-bond acceptors (Lipinski definition) is 4. The van der Waals surface area contributed by atoms with Gasteiger partial charge in [0.25, 0.3) is 0 Å². The minimum atomic E-state index is -0.325. The van der Waals surface area contributed by atoms with Crippen molar-refractivity contribution in [2.45, 2.75) is 13.3 Å². The molecule has 0 amide bonds. The molecule has 4 heteroatoms. The molecular formula is C12H15NO3. The van der Waals surface area contributed by atoms with Crippen molar-refractivity contribution in [3.63, 3.8) is 0 Å². The van der Waals surface area contributed by atoms with Gasteiger partial charge >= 0.3 is 5.97 Å². The van der Waals surface area contributed by atoms with Crippen LogP contribution in [0.4, 0.5) is 5.69 Å². The Labute approximate surface area is 94.6 Å². The lowest BCUT2D eigenvalue weighted by atomic mass is 10.1. The standard InChI is InChI=1S/C12H15NO3/c1-3-11(14)9-4-6-10(7-5-9)13-8-12(15)16-2/h4-7,13H,3,8H2,1-2H3. The SMILES string of the molecule is CCC(=O)c1ccc(NCC(=O)OC)cc1. The van der Waals surface area contributed by atoms with Crippen LogP contribution in [0.2, 0.25) is 0 Å². The second-order valence-corrected chi connectivity index (χ2v) is 3.28. The van der Waals surface area contributed by atoms with Crippen molar-refractivity contribution in [1.82, 2.24) is 0 Å². The lowest BCUT2D eigenvalue weighted by molar-refractivity contribution is -0.138. The van der Waals surface area contributed by atoms with Crippen LogP contribution in [-0.4, -0.2) is 25.4 Å². The van der Waals surface area contributed by atoms with Crippen LogP contribution in [0.1, 0.15) is 23.7 Å². The molecule has 0 aliphatic carbocycles. The Morgan fingerprint density at radius 3 is 2.38 bits per heavy atom. The van der Waals surface area contributed by atoms with Crippen LogP contribution >= 0.6 is 0 Å². The zero-order valence-electron chi connectivity index (χ0n) is 9.45. The molecule has 1 rings (SSSR count). The van der Waals surface area contributed by atoms with E-state index in [1.54, 1.807) is 24.3 Å². The third-order valence-electron chi connectivity index (χ3n) is 2.19. The maximum absolute atomic E-state index is 11.3. The van der Waals surface area contributed by atoms with E-state index >= 15 is 0 Å². The summed E-state index contributed by atoms with van der Waals surface area (Å²) in [5.74, 6) is -0.215. The summed E-state index contributed by atoms with van der Waals surface area (Å²) in [5.41, 5.74) is 1.48. The fraction of sp³-hybridized carbons (Fsp3) is 0.333. The lowest BCUT2D eigenvalue weighted by Crippen LogP contribution is -2.14. The Morgan fingerprint density at radius 1 is 1.25 bits per heavy atom. The van der Waals surface area contributed by atoms with Crippen molar-refractivity contribution in [2.24, 2.45) is 0 Å². The van der Waals surface area contributed by atoms with Crippen molar-refractivity contribution < 1.29 is 14.3 Å². The highest BCUT2D eigenvalue weighted by Crippen LogP contribution is 2.10. The molecule has 1 aromatic rings. The summed E-state index contributed by atoms with van der Waals surface area (Å²) in [6.07, 6.45) is 0.495. The summed E-state index contributed by atoms with van der Waals surface area (Å²) in [4.78, 5) is 22.2. The Morgan fingerprint density at radius 2 is 1.88 bits per heavy atom. The van der Waals surface area contributed by atoms with Crippen molar-refractivity contribution in [3.8, 4) is 0 Å². The van der Waals surface area contributed by atoms with Gasteiger partial charge in [-0.05, 0) is 24.3 Å². The molecule has 0 bridgehead atoms. The molecule has 1 N–H and O–H groups in total. The number of Topliss-reactive ketones (excluding diaryl/α,β-unsaturated/α-hetero) is 1. The molecule has 0 aliphatic rings. The molecule has 86 valence electrons. The number of anilines is 1. The first-order valence-electron chi connectivity index (χ1n) is 5.11. The number of ketones is 1. The van der Waals surface area contributed by atoms with Crippen LogP contribution < -0.4 is 5.32 Å². The van der Waals surface area contributed by atoms with Gasteiger partial charge in [0.1, 0.15) is 6.54 Å². The number of benzene rings is 1. The Balaban J connectivity index is 2.58. The Bertz CT molecular complexity index is 370. The Hall–Kier alpha value is -1.84. The number of esters is 1. The summed E-state index contributed by atoms with van der Waals surface area (Å²) < 4.78 is 4.50. The number of methoxy groups -OCH3 is 1. The van der Waals surface area contributed by atoms with Crippen molar-refractivity contribution >= 4 is 17.4 Å². The van der Waals surface area contributed by atoms with Gasteiger partial charge in [0.05, 0.1) is 7.11 Å². The van der Waals surface area contributed by atoms with Gasteiger partial charge in [-0.2, -0.15) is 0 Å². The van der Waals surface area contributed by atoms with Crippen LogP contribution in [0.25, 0.3) is 0 Å². The van der Waals surface area contributed by atoms with E-state index in [0.29, 0.717) is 12.0 Å². The van der Waals surface area contributed by atoms with Gasteiger partial charge < -0.3 is 10.1 Å². The molecule has 0 unspecified atom stereocenters. The van der Waals surface area contributed by atoms with E-state index < -0.39 is 0 Å². The van der Waals surface area contributed by atoms with E-state index in [0.717, 1.165) is 5.69 Å². The van der Waals surface area contributed by atoms with Gasteiger partial charge in [0.2, 0.25) is 0 Å². The zero-order valence-corrected chi connectivity index (χ0v) is 9.45. The molecule has 4 nitrogen and oxygen atoms in total. The second-order valence-electron chi connectivity index (χ2n) is 3.28. The highest BCUT2D eigenvalue weighted by Gasteiger charge is 2.03. The smallest absolute Gasteiger partial charge is 0.325 e. The number of hydrogen-bond donors (Lipinski definition) is 1. The van der Waals surface area contributed by atoms with Crippen molar-refractivity contribution in [1.29, 1.82) is 0 Å². The summed E-state index contributed by atoms with van der Waals surface area (Å²) in [7, 11) is 1.34. The zero-order chi connectivity index (χ0) is 12.0. The Kier molecular flexibility index (Phi) is 4.51. The summed E-state index contributed by atoms with van der Waals surface area (Å²) in [6, 6.07) is 7.02. The second kappa shape index (κ2) is 5.90. The molecule has 0 aliphatic heterocycles.